The van der Waals surface area contributed by atoms with Crippen LogP contribution < -0.4 is 15.0 Å². The van der Waals surface area contributed by atoms with E-state index in [4.69, 9.17) is 4.74 Å². The van der Waals surface area contributed by atoms with E-state index in [0.717, 1.165) is 18.7 Å². The minimum absolute atomic E-state index is 0.264. The monoisotopic (exact) mass is 377 g/mol. The minimum atomic E-state index is -0.303. The summed E-state index contributed by atoms with van der Waals surface area (Å²) in [6, 6.07) is 14.7. The van der Waals surface area contributed by atoms with Gasteiger partial charge >= 0.3 is 0 Å². The van der Waals surface area contributed by atoms with E-state index in [2.05, 4.69) is 20.5 Å². The van der Waals surface area contributed by atoms with Crippen LogP contribution in [0.3, 0.4) is 0 Å². The summed E-state index contributed by atoms with van der Waals surface area (Å²) in [4.78, 5) is 18.4. The van der Waals surface area contributed by atoms with Crippen molar-refractivity contribution < 1.29 is 9.53 Å². The number of aromatic nitrogens is 3. The van der Waals surface area contributed by atoms with Gasteiger partial charge in [-0.15, -0.1) is 10.2 Å². The zero-order chi connectivity index (χ0) is 19.8. The summed E-state index contributed by atoms with van der Waals surface area (Å²) < 4.78 is 5.39. The second-order valence-electron chi connectivity index (χ2n) is 6.22. The lowest BCUT2D eigenvalue weighted by Gasteiger charge is -2.17. The molecule has 0 radical (unpaired) electrons. The Morgan fingerprint density at radius 1 is 1.04 bits per heavy atom. The number of carbonyl (C=O) groups is 1. The first-order chi connectivity index (χ1) is 13.7. The van der Waals surface area contributed by atoms with E-state index in [1.807, 2.05) is 43.1 Å². The fourth-order valence-corrected chi connectivity index (χ4v) is 2.61. The molecule has 0 saturated heterocycles. The summed E-state index contributed by atoms with van der Waals surface area (Å²) in [6.07, 6.45) is 4.44. The van der Waals surface area contributed by atoms with Gasteiger partial charge in [0.15, 0.2) is 11.5 Å². The molecule has 3 rings (SSSR count). The summed E-state index contributed by atoms with van der Waals surface area (Å²) in [5.74, 6) is 1.17. The highest BCUT2D eigenvalue weighted by Crippen LogP contribution is 2.16. The number of anilines is 2. The van der Waals surface area contributed by atoms with Gasteiger partial charge in [-0.25, -0.2) is 0 Å². The number of pyridine rings is 1. The predicted molar refractivity (Wildman–Crippen MR) is 109 cm³/mol. The highest BCUT2D eigenvalue weighted by molar-refractivity contribution is 6.02. The third kappa shape index (κ3) is 5.26. The van der Waals surface area contributed by atoms with E-state index < -0.39 is 0 Å². The summed E-state index contributed by atoms with van der Waals surface area (Å²) in [5.41, 5.74) is 2.15. The maximum Gasteiger partial charge on any atom is 0.276 e. The van der Waals surface area contributed by atoms with Gasteiger partial charge < -0.3 is 15.0 Å². The number of ether oxygens (including phenoxy) is 1. The van der Waals surface area contributed by atoms with Crippen molar-refractivity contribution in [3.05, 3.63) is 72.2 Å². The number of benzene rings is 1. The molecule has 3 aromatic rings. The highest BCUT2D eigenvalue weighted by atomic mass is 16.5. The lowest BCUT2D eigenvalue weighted by atomic mass is 10.2. The molecule has 28 heavy (non-hydrogen) atoms. The second-order valence-corrected chi connectivity index (χ2v) is 6.22. The zero-order valence-corrected chi connectivity index (χ0v) is 16.0. The van der Waals surface area contributed by atoms with Crippen molar-refractivity contribution in [2.24, 2.45) is 0 Å². The normalized spacial score (nSPS) is 10.4. The van der Waals surface area contributed by atoms with Crippen LogP contribution in [0.2, 0.25) is 0 Å². The molecule has 2 heterocycles. The van der Waals surface area contributed by atoms with Gasteiger partial charge in [0.1, 0.15) is 5.75 Å². The van der Waals surface area contributed by atoms with E-state index in [1.165, 1.54) is 5.56 Å². The standard InChI is InChI=1S/C21H23N5O2/c1-3-28-18-6-4-17(5-7-18)23-21(27)19-8-9-20(25-24-19)26(2)15-12-16-10-13-22-14-11-16/h4-11,13-14H,3,12,15H2,1-2H3,(H,23,27). The number of hydrogen-bond acceptors (Lipinski definition) is 6. The molecule has 0 aliphatic heterocycles. The molecular weight excluding hydrogens is 354 g/mol. The molecule has 7 nitrogen and oxygen atoms in total. The number of carbonyl (C=O) groups excluding carboxylic acids is 1. The Bertz CT molecular complexity index is 883. The number of amides is 1. The molecule has 1 N–H and O–H groups in total. The Morgan fingerprint density at radius 2 is 1.79 bits per heavy atom. The molecule has 144 valence electrons. The molecule has 1 amide bonds. The van der Waals surface area contributed by atoms with Gasteiger partial charge in [-0.1, -0.05) is 0 Å². The Balaban J connectivity index is 1.56. The molecular formula is C21H23N5O2. The molecule has 2 aromatic heterocycles. The number of hydrogen-bond donors (Lipinski definition) is 1. The van der Waals surface area contributed by atoms with Crippen molar-refractivity contribution in [2.45, 2.75) is 13.3 Å². The number of rotatable bonds is 8. The topological polar surface area (TPSA) is 80.2 Å². The number of nitrogens with zero attached hydrogens (tertiary/aromatic N) is 4. The minimum Gasteiger partial charge on any atom is -0.494 e. The average molecular weight is 377 g/mol. The van der Waals surface area contributed by atoms with Crippen LogP contribution in [0.5, 0.6) is 5.75 Å². The number of nitrogens with one attached hydrogen (secondary N) is 1. The maximum atomic E-state index is 12.4. The Kier molecular flexibility index (Phi) is 6.51. The molecule has 0 aliphatic carbocycles. The smallest absolute Gasteiger partial charge is 0.276 e. The van der Waals surface area contributed by atoms with Crippen molar-refractivity contribution >= 4 is 17.4 Å². The quantitative estimate of drug-likeness (QED) is 0.649. The van der Waals surface area contributed by atoms with Gasteiger partial charge in [-0.3, -0.25) is 9.78 Å². The molecule has 1 aromatic carbocycles. The second kappa shape index (κ2) is 9.45. The van der Waals surface area contributed by atoms with Gasteiger partial charge in [0, 0.05) is 31.7 Å². The Labute approximate surface area is 164 Å². The predicted octanol–water partition coefficient (Wildman–Crippen LogP) is 3.20. The van der Waals surface area contributed by atoms with Gasteiger partial charge in [0.2, 0.25) is 0 Å². The van der Waals surface area contributed by atoms with Crippen molar-refractivity contribution in [1.29, 1.82) is 0 Å². The lowest BCUT2D eigenvalue weighted by molar-refractivity contribution is 0.102. The molecule has 0 atom stereocenters. The van der Waals surface area contributed by atoms with Crippen LogP contribution in [-0.2, 0) is 6.42 Å². The van der Waals surface area contributed by atoms with Crippen molar-refractivity contribution in [3.63, 3.8) is 0 Å². The van der Waals surface area contributed by atoms with E-state index >= 15 is 0 Å². The summed E-state index contributed by atoms with van der Waals surface area (Å²) in [7, 11) is 1.95. The van der Waals surface area contributed by atoms with Gasteiger partial charge in [-0.2, -0.15) is 0 Å². The molecule has 0 bridgehead atoms. The molecule has 0 aliphatic rings. The van der Waals surface area contributed by atoms with Gasteiger partial charge in [-0.05, 0) is 67.4 Å². The third-order valence-electron chi connectivity index (χ3n) is 4.18. The van der Waals surface area contributed by atoms with Crippen LogP contribution in [0.25, 0.3) is 0 Å². The fourth-order valence-electron chi connectivity index (χ4n) is 2.61. The van der Waals surface area contributed by atoms with Crippen LogP contribution in [0.15, 0.2) is 60.9 Å². The summed E-state index contributed by atoms with van der Waals surface area (Å²) >= 11 is 0. The molecule has 0 saturated carbocycles. The van der Waals surface area contributed by atoms with Crippen LogP contribution in [0.1, 0.15) is 23.0 Å². The van der Waals surface area contributed by atoms with Crippen LogP contribution >= 0.6 is 0 Å². The summed E-state index contributed by atoms with van der Waals surface area (Å²) in [6.45, 7) is 3.32. The Hall–Kier alpha value is -3.48. The lowest BCUT2D eigenvalue weighted by Crippen LogP contribution is -2.22. The Morgan fingerprint density at radius 3 is 2.43 bits per heavy atom. The van der Waals surface area contributed by atoms with E-state index in [1.54, 1.807) is 36.7 Å². The largest absolute Gasteiger partial charge is 0.494 e. The third-order valence-corrected chi connectivity index (χ3v) is 4.18. The van der Waals surface area contributed by atoms with Crippen LogP contribution in [-0.4, -0.2) is 41.3 Å². The van der Waals surface area contributed by atoms with Gasteiger partial charge in [0.05, 0.1) is 6.61 Å². The molecule has 0 spiro atoms. The van der Waals surface area contributed by atoms with Crippen molar-refractivity contribution in [2.75, 3.05) is 30.4 Å². The van der Waals surface area contributed by atoms with Crippen LogP contribution in [0.4, 0.5) is 11.5 Å². The average Bonchev–Trinajstić information content (AvgIpc) is 2.74. The molecule has 0 fully saturated rings. The van der Waals surface area contributed by atoms with Gasteiger partial charge in [0.25, 0.3) is 5.91 Å². The maximum absolute atomic E-state index is 12.4. The van der Waals surface area contributed by atoms with Crippen molar-refractivity contribution in [1.82, 2.24) is 15.2 Å². The zero-order valence-electron chi connectivity index (χ0n) is 16.0. The highest BCUT2D eigenvalue weighted by Gasteiger charge is 2.10. The van der Waals surface area contributed by atoms with Crippen molar-refractivity contribution in [3.8, 4) is 5.75 Å². The molecule has 7 heteroatoms. The van der Waals surface area contributed by atoms with Crippen LogP contribution in [0, 0.1) is 0 Å². The first-order valence-corrected chi connectivity index (χ1v) is 9.13. The van der Waals surface area contributed by atoms with E-state index in [9.17, 15) is 4.79 Å². The van der Waals surface area contributed by atoms with E-state index in [-0.39, 0.29) is 11.6 Å². The SMILES string of the molecule is CCOc1ccc(NC(=O)c2ccc(N(C)CCc3ccncc3)nn2)cc1. The summed E-state index contributed by atoms with van der Waals surface area (Å²) in [5, 5.41) is 11.0. The van der Waals surface area contributed by atoms with E-state index in [0.29, 0.717) is 18.1 Å². The first kappa shape index (κ1) is 19.3. The number of likely N-dealkylation sites (N-methyl/N-ethyl adjacent to an activating group) is 1. The first-order valence-electron chi connectivity index (χ1n) is 9.13. The molecule has 0 unspecified atom stereocenters. The fraction of sp³-hybridized carbons (Fsp3) is 0.238.